The lowest BCUT2D eigenvalue weighted by molar-refractivity contribution is -0.135. The number of amides is 4. The summed E-state index contributed by atoms with van der Waals surface area (Å²) in [4.78, 5) is 41.3. The van der Waals surface area contributed by atoms with Gasteiger partial charge in [0.2, 0.25) is 11.8 Å². The first kappa shape index (κ1) is 26.1. The van der Waals surface area contributed by atoms with E-state index >= 15 is 0 Å². The molecule has 2 aromatic carbocycles. The number of rotatable bonds is 9. The van der Waals surface area contributed by atoms with Gasteiger partial charge < -0.3 is 20.9 Å². The van der Waals surface area contributed by atoms with Gasteiger partial charge in [-0.3, -0.25) is 14.5 Å². The zero-order valence-electron chi connectivity index (χ0n) is 19.7. The molecule has 0 spiro atoms. The molecule has 1 saturated heterocycles. The molecule has 1 fully saturated rings. The zero-order valence-corrected chi connectivity index (χ0v) is 19.7. The summed E-state index contributed by atoms with van der Waals surface area (Å²) in [6.07, 6.45) is 1.22. The number of carbonyl (C=O) groups is 3. The topological polar surface area (TPSA) is 93.8 Å². The van der Waals surface area contributed by atoms with Crippen molar-refractivity contribution < 1.29 is 23.2 Å². The number of nitrogens with one attached hydrogen (secondary N) is 3. The highest BCUT2D eigenvalue weighted by Gasteiger charge is 2.28. The average molecular weight is 488 g/mol. The van der Waals surface area contributed by atoms with Crippen molar-refractivity contribution in [3.8, 4) is 0 Å². The molecule has 35 heavy (non-hydrogen) atoms. The van der Waals surface area contributed by atoms with E-state index in [4.69, 9.17) is 0 Å². The Morgan fingerprint density at radius 2 is 1.51 bits per heavy atom. The Kier molecular flexibility index (Phi) is 9.54. The second-order valence-electron chi connectivity index (χ2n) is 8.45. The minimum absolute atomic E-state index is 0.154. The molecular formula is C25H31F2N5O3. The molecule has 4 amide bonds. The van der Waals surface area contributed by atoms with Crippen molar-refractivity contribution in [2.24, 2.45) is 0 Å². The fraction of sp³-hybridized carbons (Fsp3) is 0.400. The minimum atomic E-state index is -0.651. The largest absolute Gasteiger partial charge is 0.338 e. The number of halogens is 2. The van der Waals surface area contributed by atoms with Gasteiger partial charge in [-0.25, -0.2) is 13.6 Å². The summed E-state index contributed by atoms with van der Waals surface area (Å²) >= 11 is 0. The predicted molar refractivity (Wildman–Crippen MR) is 129 cm³/mol. The Morgan fingerprint density at radius 3 is 2.11 bits per heavy atom. The molecule has 0 aliphatic carbocycles. The van der Waals surface area contributed by atoms with Crippen LogP contribution in [0.15, 0.2) is 48.5 Å². The van der Waals surface area contributed by atoms with Gasteiger partial charge in [-0.15, -0.1) is 0 Å². The van der Waals surface area contributed by atoms with Gasteiger partial charge in [0.05, 0.1) is 6.54 Å². The third kappa shape index (κ3) is 8.32. The molecule has 1 unspecified atom stereocenters. The SMILES string of the molecule is CCCC(NC(=O)NCc1ccc(F)cc1)C(=O)N1CCN(CC(=O)Nc2ccc(F)cc2)CC1. The number of carbonyl (C=O) groups excluding carboxylic acids is 3. The van der Waals surface area contributed by atoms with E-state index in [1.165, 1.54) is 36.4 Å². The van der Waals surface area contributed by atoms with Crippen LogP contribution in [-0.4, -0.2) is 66.4 Å². The molecule has 1 atom stereocenters. The summed E-state index contributed by atoms with van der Waals surface area (Å²) in [7, 11) is 0. The second kappa shape index (κ2) is 12.8. The van der Waals surface area contributed by atoms with Gasteiger partial charge in [0, 0.05) is 38.4 Å². The molecule has 8 nitrogen and oxygen atoms in total. The fourth-order valence-corrected chi connectivity index (χ4v) is 3.82. The molecule has 0 radical (unpaired) electrons. The van der Waals surface area contributed by atoms with Gasteiger partial charge in [-0.1, -0.05) is 25.5 Å². The molecule has 3 N–H and O–H groups in total. The lowest BCUT2D eigenvalue weighted by atomic mass is 10.1. The van der Waals surface area contributed by atoms with Gasteiger partial charge in [0.25, 0.3) is 0 Å². The van der Waals surface area contributed by atoms with Gasteiger partial charge in [-0.2, -0.15) is 0 Å². The van der Waals surface area contributed by atoms with E-state index in [-0.39, 0.29) is 36.5 Å². The maximum atomic E-state index is 13.0. The smallest absolute Gasteiger partial charge is 0.315 e. The number of nitrogens with zero attached hydrogens (tertiary/aromatic N) is 2. The molecule has 1 aliphatic rings. The van der Waals surface area contributed by atoms with Gasteiger partial charge in [-0.05, 0) is 48.4 Å². The third-order valence-corrected chi connectivity index (χ3v) is 5.73. The molecule has 0 bridgehead atoms. The summed E-state index contributed by atoms with van der Waals surface area (Å²) in [5, 5.41) is 8.18. The van der Waals surface area contributed by atoms with Gasteiger partial charge >= 0.3 is 6.03 Å². The maximum Gasteiger partial charge on any atom is 0.315 e. The first-order valence-electron chi connectivity index (χ1n) is 11.7. The quantitative estimate of drug-likeness (QED) is 0.507. The van der Waals surface area contributed by atoms with Gasteiger partial charge in [0.1, 0.15) is 17.7 Å². The minimum Gasteiger partial charge on any atom is -0.338 e. The summed E-state index contributed by atoms with van der Waals surface area (Å²) in [5.41, 5.74) is 1.27. The van der Waals surface area contributed by atoms with Crippen molar-refractivity contribution in [2.45, 2.75) is 32.4 Å². The molecule has 0 saturated carbocycles. The Bertz CT molecular complexity index is 993. The lowest BCUT2D eigenvalue weighted by Gasteiger charge is -2.36. The Labute approximate surface area is 203 Å². The molecule has 0 aromatic heterocycles. The van der Waals surface area contributed by atoms with Crippen LogP contribution in [0, 0.1) is 11.6 Å². The first-order chi connectivity index (χ1) is 16.8. The lowest BCUT2D eigenvalue weighted by Crippen LogP contribution is -2.56. The zero-order chi connectivity index (χ0) is 25.2. The van der Waals surface area contributed by atoms with E-state index < -0.39 is 12.1 Å². The maximum absolute atomic E-state index is 13.0. The number of hydrogen-bond acceptors (Lipinski definition) is 4. The number of urea groups is 1. The van der Waals surface area contributed by atoms with Crippen molar-refractivity contribution in [1.29, 1.82) is 0 Å². The van der Waals surface area contributed by atoms with Crippen LogP contribution in [0.5, 0.6) is 0 Å². The third-order valence-electron chi connectivity index (χ3n) is 5.73. The first-order valence-corrected chi connectivity index (χ1v) is 11.7. The number of hydrogen-bond donors (Lipinski definition) is 3. The molecule has 1 heterocycles. The van der Waals surface area contributed by atoms with Crippen LogP contribution < -0.4 is 16.0 Å². The van der Waals surface area contributed by atoms with E-state index in [0.717, 1.165) is 12.0 Å². The molecule has 10 heteroatoms. The van der Waals surface area contributed by atoms with Crippen LogP contribution in [-0.2, 0) is 16.1 Å². The molecule has 1 aliphatic heterocycles. The number of benzene rings is 2. The highest BCUT2D eigenvalue weighted by molar-refractivity contribution is 5.92. The molecule has 188 valence electrons. The van der Waals surface area contributed by atoms with Crippen molar-refractivity contribution in [3.63, 3.8) is 0 Å². The monoisotopic (exact) mass is 487 g/mol. The Morgan fingerprint density at radius 1 is 0.914 bits per heavy atom. The fourth-order valence-electron chi connectivity index (χ4n) is 3.82. The van der Waals surface area contributed by atoms with Crippen LogP contribution in [0.1, 0.15) is 25.3 Å². The van der Waals surface area contributed by atoms with E-state index in [1.54, 1.807) is 17.0 Å². The van der Waals surface area contributed by atoms with Gasteiger partial charge in [0.15, 0.2) is 0 Å². The highest BCUT2D eigenvalue weighted by atomic mass is 19.1. The molecule has 3 rings (SSSR count). The number of piperazine rings is 1. The van der Waals surface area contributed by atoms with E-state index in [1.807, 2.05) is 11.8 Å². The predicted octanol–water partition coefficient (Wildman–Crippen LogP) is 2.72. The Hall–Kier alpha value is -3.53. The van der Waals surface area contributed by atoms with Crippen LogP contribution in [0.2, 0.25) is 0 Å². The van der Waals surface area contributed by atoms with Crippen LogP contribution in [0.3, 0.4) is 0 Å². The molecular weight excluding hydrogens is 456 g/mol. The number of anilines is 1. The summed E-state index contributed by atoms with van der Waals surface area (Å²) in [5.74, 6) is -1.08. The summed E-state index contributed by atoms with van der Waals surface area (Å²) in [6, 6.07) is 10.3. The van der Waals surface area contributed by atoms with Crippen molar-refractivity contribution in [1.82, 2.24) is 20.4 Å². The standard InChI is InChI=1S/C25H31F2N5O3/c1-2-3-22(30-25(35)28-16-18-4-6-19(26)7-5-18)24(34)32-14-12-31(13-15-32)17-23(33)29-21-10-8-20(27)9-11-21/h4-11,22H,2-3,12-17H2,1H3,(H,29,33)(H2,28,30,35). The van der Waals surface area contributed by atoms with E-state index in [2.05, 4.69) is 16.0 Å². The van der Waals surface area contributed by atoms with Crippen LogP contribution in [0.25, 0.3) is 0 Å². The summed E-state index contributed by atoms with van der Waals surface area (Å²) in [6.45, 7) is 4.27. The van der Waals surface area contributed by atoms with Crippen LogP contribution in [0.4, 0.5) is 19.3 Å². The molecule has 2 aromatic rings. The second-order valence-corrected chi connectivity index (χ2v) is 8.45. The van der Waals surface area contributed by atoms with Crippen LogP contribution >= 0.6 is 0 Å². The average Bonchev–Trinajstić information content (AvgIpc) is 2.85. The van der Waals surface area contributed by atoms with Crippen molar-refractivity contribution >= 4 is 23.5 Å². The normalized spacial score (nSPS) is 14.8. The van der Waals surface area contributed by atoms with E-state index in [0.29, 0.717) is 38.3 Å². The Balaban J connectivity index is 1.43. The van der Waals surface area contributed by atoms with Crippen molar-refractivity contribution in [3.05, 3.63) is 65.7 Å². The highest BCUT2D eigenvalue weighted by Crippen LogP contribution is 2.10. The summed E-state index contributed by atoms with van der Waals surface area (Å²) < 4.78 is 26.0. The van der Waals surface area contributed by atoms with Crippen molar-refractivity contribution in [2.75, 3.05) is 38.0 Å². The van der Waals surface area contributed by atoms with E-state index in [9.17, 15) is 23.2 Å².